The second kappa shape index (κ2) is 5.69. The highest BCUT2D eigenvalue weighted by atomic mass is 16.2. The van der Waals surface area contributed by atoms with Gasteiger partial charge in [-0.3, -0.25) is 9.59 Å². The van der Waals surface area contributed by atoms with Crippen molar-refractivity contribution in [3.05, 3.63) is 0 Å². The summed E-state index contributed by atoms with van der Waals surface area (Å²) in [6.07, 6.45) is 1.62. The van der Waals surface area contributed by atoms with Gasteiger partial charge in [0.15, 0.2) is 0 Å². The molecule has 2 rings (SSSR count). The van der Waals surface area contributed by atoms with Crippen LogP contribution in [0.2, 0.25) is 0 Å². The van der Waals surface area contributed by atoms with E-state index in [1.165, 1.54) is 0 Å². The predicted molar refractivity (Wildman–Crippen MR) is 68.9 cm³/mol. The van der Waals surface area contributed by atoms with Gasteiger partial charge in [-0.05, 0) is 25.3 Å². The van der Waals surface area contributed by atoms with Crippen molar-refractivity contribution in [1.29, 1.82) is 0 Å². The molecule has 0 bridgehead atoms. The van der Waals surface area contributed by atoms with Crippen molar-refractivity contribution in [2.75, 3.05) is 26.2 Å². The van der Waals surface area contributed by atoms with Gasteiger partial charge < -0.3 is 15.5 Å². The molecule has 0 aromatic rings. The molecular weight excluding hydrogens is 230 g/mol. The van der Waals surface area contributed by atoms with Crippen molar-refractivity contribution in [1.82, 2.24) is 15.5 Å². The normalized spacial score (nSPS) is 33.1. The van der Waals surface area contributed by atoms with Gasteiger partial charge in [-0.2, -0.15) is 0 Å². The summed E-state index contributed by atoms with van der Waals surface area (Å²) in [5.41, 5.74) is 0. The summed E-state index contributed by atoms with van der Waals surface area (Å²) in [5, 5.41) is 6.13. The van der Waals surface area contributed by atoms with E-state index in [-0.39, 0.29) is 23.8 Å². The van der Waals surface area contributed by atoms with Gasteiger partial charge in [0.1, 0.15) is 6.04 Å². The number of hydrogen-bond acceptors (Lipinski definition) is 3. The molecule has 2 amide bonds. The Balaban J connectivity index is 2.04. The SMILES string of the molecule is CCC1C(=O)NCCN1C(=O)C1CNCC(C)C1. The standard InChI is InChI=1S/C13H23N3O2/c1-3-11-12(17)15-4-5-16(11)13(18)10-6-9(2)7-14-8-10/h9-11,14H,3-8H2,1-2H3,(H,15,17). The minimum atomic E-state index is -0.275. The van der Waals surface area contributed by atoms with Gasteiger partial charge in [-0.25, -0.2) is 0 Å². The largest absolute Gasteiger partial charge is 0.353 e. The Morgan fingerprint density at radius 1 is 1.44 bits per heavy atom. The summed E-state index contributed by atoms with van der Waals surface area (Å²) >= 11 is 0. The van der Waals surface area contributed by atoms with Gasteiger partial charge in [0.25, 0.3) is 0 Å². The van der Waals surface area contributed by atoms with Crippen molar-refractivity contribution in [2.45, 2.75) is 32.7 Å². The van der Waals surface area contributed by atoms with Crippen molar-refractivity contribution >= 4 is 11.8 Å². The van der Waals surface area contributed by atoms with E-state index in [1.54, 1.807) is 4.90 Å². The highest BCUT2D eigenvalue weighted by Gasteiger charge is 2.36. The molecule has 2 aliphatic rings. The number of piperidine rings is 1. The molecule has 2 fully saturated rings. The van der Waals surface area contributed by atoms with E-state index >= 15 is 0 Å². The van der Waals surface area contributed by atoms with Crippen LogP contribution >= 0.6 is 0 Å². The van der Waals surface area contributed by atoms with Crippen LogP contribution < -0.4 is 10.6 Å². The quantitative estimate of drug-likeness (QED) is 0.726. The third-order valence-electron chi connectivity index (χ3n) is 3.92. The summed E-state index contributed by atoms with van der Waals surface area (Å²) in [5.74, 6) is 0.713. The number of piperazine rings is 1. The van der Waals surface area contributed by atoms with Crippen LogP contribution in [0, 0.1) is 11.8 Å². The number of amides is 2. The molecule has 3 atom stereocenters. The lowest BCUT2D eigenvalue weighted by Crippen LogP contribution is -2.59. The van der Waals surface area contributed by atoms with Gasteiger partial charge in [0, 0.05) is 19.6 Å². The smallest absolute Gasteiger partial charge is 0.242 e. The highest BCUT2D eigenvalue weighted by molar-refractivity contribution is 5.89. The summed E-state index contributed by atoms with van der Waals surface area (Å²) < 4.78 is 0. The first kappa shape index (κ1) is 13.3. The van der Waals surface area contributed by atoms with Crippen molar-refractivity contribution < 1.29 is 9.59 Å². The Bertz CT molecular complexity index is 332. The molecule has 0 spiro atoms. The fourth-order valence-electron chi connectivity index (χ4n) is 2.96. The molecule has 0 saturated carbocycles. The predicted octanol–water partition coefficient (Wildman–Crippen LogP) is -0.0310. The Hall–Kier alpha value is -1.10. The summed E-state index contributed by atoms with van der Waals surface area (Å²) in [6.45, 7) is 7.08. The molecule has 102 valence electrons. The van der Waals surface area contributed by atoms with Crippen LogP contribution in [0.5, 0.6) is 0 Å². The van der Waals surface area contributed by atoms with Gasteiger partial charge in [-0.1, -0.05) is 13.8 Å². The van der Waals surface area contributed by atoms with Crippen molar-refractivity contribution in [2.24, 2.45) is 11.8 Å². The topological polar surface area (TPSA) is 61.4 Å². The fraction of sp³-hybridized carbons (Fsp3) is 0.846. The molecule has 0 aromatic carbocycles. The number of carbonyl (C=O) groups excluding carboxylic acids is 2. The molecule has 2 saturated heterocycles. The fourth-order valence-corrected chi connectivity index (χ4v) is 2.96. The van der Waals surface area contributed by atoms with Gasteiger partial charge in [0.05, 0.1) is 5.92 Å². The Labute approximate surface area is 108 Å². The zero-order valence-electron chi connectivity index (χ0n) is 11.2. The Kier molecular flexibility index (Phi) is 4.22. The lowest BCUT2D eigenvalue weighted by Gasteiger charge is -2.38. The van der Waals surface area contributed by atoms with E-state index in [4.69, 9.17) is 0 Å². The number of nitrogens with zero attached hydrogens (tertiary/aromatic N) is 1. The highest BCUT2D eigenvalue weighted by Crippen LogP contribution is 2.20. The first-order valence-electron chi connectivity index (χ1n) is 6.92. The van der Waals surface area contributed by atoms with Crippen molar-refractivity contribution in [3.63, 3.8) is 0 Å². The molecule has 0 aromatic heterocycles. The van der Waals surface area contributed by atoms with Crippen LogP contribution in [-0.2, 0) is 9.59 Å². The molecule has 0 aliphatic carbocycles. The maximum Gasteiger partial charge on any atom is 0.242 e. The van der Waals surface area contributed by atoms with Crippen molar-refractivity contribution in [3.8, 4) is 0 Å². The average molecular weight is 253 g/mol. The minimum Gasteiger partial charge on any atom is -0.353 e. The van der Waals surface area contributed by atoms with Crippen LogP contribution in [0.25, 0.3) is 0 Å². The Morgan fingerprint density at radius 2 is 2.22 bits per heavy atom. The molecule has 5 nitrogen and oxygen atoms in total. The summed E-state index contributed by atoms with van der Waals surface area (Å²) in [6, 6.07) is -0.275. The minimum absolute atomic E-state index is 0.00563. The van der Waals surface area contributed by atoms with Crippen LogP contribution in [0.3, 0.4) is 0 Å². The molecular formula is C13H23N3O2. The maximum absolute atomic E-state index is 12.5. The van der Waals surface area contributed by atoms with E-state index in [2.05, 4.69) is 17.6 Å². The first-order valence-corrected chi connectivity index (χ1v) is 6.92. The molecule has 18 heavy (non-hydrogen) atoms. The zero-order chi connectivity index (χ0) is 13.1. The van der Waals surface area contributed by atoms with E-state index in [9.17, 15) is 9.59 Å². The molecule has 0 radical (unpaired) electrons. The van der Waals surface area contributed by atoms with Gasteiger partial charge >= 0.3 is 0 Å². The molecule has 2 aliphatic heterocycles. The first-order chi connectivity index (χ1) is 8.63. The average Bonchev–Trinajstić information content (AvgIpc) is 2.37. The van der Waals surface area contributed by atoms with Crippen LogP contribution in [0.15, 0.2) is 0 Å². The van der Waals surface area contributed by atoms with Gasteiger partial charge in [0.2, 0.25) is 11.8 Å². The second-order valence-electron chi connectivity index (χ2n) is 5.44. The Morgan fingerprint density at radius 3 is 2.89 bits per heavy atom. The zero-order valence-corrected chi connectivity index (χ0v) is 11.2. The summed E-state index contributed by atoms with van der Waals surface area (Å²) in [4.78, 5) is 26.1. The number of rotatable bonds is 2. The number of hydrogen-bond donors (Lipinski definition) is 2. The maximum atomic E-state index is 12.5. The number of carbonyl (C=O) groups is 2. The third-order valence-corrected chi connectivity index (χ3v) is 3.92. The monoisotopic (exact) mass is 253 g/mol. The summed E-state index contributed by atoms with van der Waals surface area (Å²) in [7, 11) is 0. The lowest BCUT2D eigenvalue weighted by atomic mass is 9.90. The van der Waals surface area contributed by atoms with E-state index < -0.39 is 0 Å². The second-order valence-corrected chi connectivity index (χ2v) is 5.44. The molecule has 2 heterocycles. The van der Waals surface area contributed by atoms with Gasteiger partial charge in [-0.15, -0.1) is 0 Å². The number of nitrogens with one attached hydrogen (secondary N) is 2. The van der Waals surface area contributed by atoms with E-state index in [0.29, 0.717) is 25.4 Å². The lowest BCUT2D eigenvalue weighted by molar-refractivity contribution is -0.147. The van der Waals surface area contributed by atoms with Crippen LogP contribution in [-0.4, -0.2) is 48.9 Å². The molecule has 3 unspecified atom stereocenters. The van der Waals surface area contributed by atoms with E-state index in [1.807, 2.05) is 6.92 Å². The molecule has 2 N–H and O–H groups in total. The van der Waals surface area contributed by atoms with E-state index in [0.717, 1.165) is 19.5 Å². The van der Waals surface area contributed by atoms with Crippen LogP contribution in [0.4, 0.5) is 0 Å². The van der Waals surface area contributed by atoms with Crippen LogP contribution in [0.1, 0.15) is 26.7 Å². The molecule has 5 heteroatoms. The third kappa shape index (κ3) is 2.66.